The summed E-state index contributed by atoms with van der Waals surface area (Å²) in [5, 5.41) is 0.709. The first kappa shape index (κ1) is 12.9. The predicted molar refractivity (Wildman–Crippen MR) is 73.1 cm³/mol. The summed E-state index contributed by atoms with van der Waals surface area (Å²) < 4.78 is 5.81. The molecular weight excluding hydrogens is 248 g/mol. The van der Waals surface area contributed by atoms with Gasteiger partial charge in [-0.25, -0.2) is 4.98 Å². The molecule has 18 heavy (non-hydrogen) atoms. The van der Waals surface area contributed by atoms with Gasteiger partial charge in [-0.05, 0) is 48.7 Å². The Morgan fingerprint density at radius 3 is 2.50 bits per heavy atom. The van der Waals surface area contributed by atoms with E-state index in [1.54, 1.807) is 6.20 Å². The SMILES string of the molecule is Cc1cc(Cl)cc(C)c1Oc1cc(CN)ccn1. The molecule has 0 aliphatic heterocycles. The van der Waals surface area contributed by atoms with Crippen molar-refractivity contribution in [2.24, 2.45) is 5.73 Å². The molecule has 0 saturated carbocycles. The van der Waals surface area contributed by atoms with Crippen LogP contribution in [0.5, 0.6) is 11.6 Å². The van der Waals surface area contributed by atoms with Crippen LogP contribution in [0, 0.1) is 13.8 Å². The van der Waals surface area contributed by atoms with Crippen molar-refractivity contribution in [2.75, 3.05) is 0 Å². The fourth-order valence-corrected chi connectivity index (χ4v) is 2.12. The minimum Gasteiger partial charge on any atom is -0.438 e. The Labute approximate surface area is 112 Å². The van der Waals surface area contributed by atoms with Crippen molar-refractivity contribution in [3.8, 4) is 11.6 Å². The Balaban J connectivity index is 2.33. The van der Waals surface area contributed by atoms with E-state index in [1.807, 2.05) is 38.1 Å². The summed E-state index contributed by atoms with van der Waals surface area (Å²) in [5.74, 6) is 1.34. The Morgan fingerprint density at radius 2 is 1.89 bits per heavy atom. The lowest BCUT2D eigenvalue weighted by molar-refractivity contribution is 0.455. The van der Waals surface area contributed by atoms with Crippen LogP contribution in [0.3, 0.4) is 0 Å². The van der Waals surface area contributed by atoms with Crippen LogP contribution in [0.4, 0.5) is 0 Å². The van der Waals surface area contributed by atoms with Crippen molar-refractivity contribution in [3.05, 3.63) is 52.2 Å². The second-order valence-electron chi connectivity index (χ2n) is 4.18. The van der Waals surface area contributed by atoms with Gasteiger partial charge in [0, 0.05) is 23.8 Å². The molecule has 3 nitrogen and oxygen atoms in total. The van der Waals surface area contributed by atoms with E-state index < -0.39 is 0 Å². The highest BCUT2D eigenvalue weighted by atomic mass is 35.5. The number of nitrogens with zero attached hydrogens (tertiary/aromatic N) is 1. The Kier molecular flexibility index (Phi) is 3.84. The maximum Gasteiger partial charge on any atom is 0.219 e. The van der Waals surface area contributed by atoms with Gasteiger partial charge in [-0.15, -0.1) is 0 Å². The van der Waals surface area contributed by atoms with Crippen molar-refractivity contribution < 1.29 is 4.74 Å². The van der Waals surface area contributed by atoms with Gasteiger partial charge in [-0.3, -0.25) is 0 Å². The Morgan fingerprint density at radius 1 is 1.22 bits per heavy atom. The molecule has 1 aromatic heterocycles. The molecule has 4 heteroatoms. The number of pyridine rings is 1. The van der Waals surface area contributed by atoms with Gasteiger partial charge in [-0.2, -0.15) is 0 Å². The minimum atomic E-state index is 0.470. The van der Waals surface area contributed by atoms with Crippen molar-refractivity contribution in [2.45, 2.75) is 20.4 Å². The number of benzene rings is 1. The van der Waals surface area contributed by atoms with Gasteiger partial charge in [0.2, 0.25) is 5.88 Å². The summed E-state index contributed by atoms with van der Waals surface area (Å²) in [6.45, 7) is 4.39. The summed E-state index contributed by atoms with van der Waals surface area (Å²) in [4.78, 5) is 4.18. The van der Waals surface area contributed by atoms with Crippen molar-refractivity contribution >= 4 is 11.6 Å². The van der Waals surface area contributed by atoms with Gasteiger partial charge in [-0.1, -0.05) is 11.6 Å². The van der Waals surface area contributed by atoms with Crippen LogP contribution in [0.2, 0.25) is 5.02 Å². The molecule has 1 aromatic carbocycles. The third kappa shape index (κ3) is 2.81. The number of hydrogen-bond donors (Lipinski definition) is 1. The normalized spacial score (nSPS) is 10.4. The summed E-state index contributed by atoms with van der Waals surface area (Å²) in [7, 11) is 0. The molecule has 0 amide bonds. The van der Waals surface area contributed by atoms with Gasteiger partial charge in [0.1, 0.15) is 5.75 Å². The smallest absolute Gasteiger partial charge is 0.219 e. The van der Waals surface area contributed by atoms with Crippen molar-refractivity contribution in [1.29, 1.82) is 0 Å². The third-order valence-corrected chi connectivity index (χ3v) is 2.88. The molecule has 2 N–H and O–H groups in total. The number of halogens is 1. The van der Waals surface area contributed by atoms with E-state index in [2.05, 4.69) is 4.98 Å². The first-order chi connectivity index (χ1) is 8.60. The van der Waals surface area contributed by atoms with Crippen LogP contribution in [0.25, 0.3) is 0 Å². The molecule has 0 unspecified atom stereocenters. The summed E-state index contributed by atoms with van der Waals surface area (Å²) in [6.07, 6.45) is 1.69. The van der Waals surface area contributed by atoms with Crippen LogP contribution in [0.15, 0.2) is 30.5 Å². The van der Waals surface area contributed by atoms with E-state index in [9.17, 15) is 0 Å². The monoisotopic (exact) mass is 262 g/mol. The fourth-order valence-electron chi connectivity index (χ4n) is 1.80. The quantitative estimate of drug-likeness (QED) is 0.919. The van der Waals surface area contributed by atoms with E-state index in [1.165, 1.54) is 0 Å². The molecule has 2 rings (SSSR count). The zero-order valence-corrected chi connectivity index (χ0v) is 11.2. The molecule has 0 saturated heterocycles. The van der Waals surface area contributed by atoms with E-state index >= 15 is 0 Å². The molecule has 94 valence electrons. The molecular formula is C14H15ClN2O. The average molecular weight is 263 g/mol. The second kappa shape index (κ2) is 5.38. The zero-order valence-electron chi connectivity index (χ0n) is 10.4. The average Bonchev–Trinajstić information content (AvgIpc) is 2.34. The lowest BCUT2D eigenvalue weighted by atomic mass is 10.1. The van der Waals surface area contributed by atoms with Gasteiger partial charge < -0.3 is 10.5 Å². The molecule has 0 aliphatic rings. The molecule has 0 spiro atoms. The lowest BCUT2D eigenvalue weighted by Gasteiger charge is -2.12. The number of rotatable bonds is 3. The van der Waals surface area contributed by atoms with E-state index in [-0.39, 0.29) is 0 Å². The number of hydrogen-bond acceptors (Lipinski definition) is 3. The first-order valence-corrected chi connectivity index (χ1v) is 6.07. The van der Waals surface area contributed by atoms with E-state index in [4.69, 9.17) is 22.1 Å². The molecule has 0 radical (unpaired) electrons. The minimum absolute atomic E-state index is 0.470. The first-order valence-electron chi connectivity index (χ1n) is 5.69. The molecule has 0 aliphatic carbocycles. The second-order valence-corrected chi connectivity index (χ2v) is 4.61. The number of aromatic nitrogens is 1. The van der Waals surface area contributed by atoms with Gasteiger partial charge in [0.05, 0.1) is 0 Å². The van der Waals surface area contributed by atoms with Crippen molar-refractivity contribution in [3.63, 3.8) is 0 Å². The van der Waals surface area contributed by atoms with Crippen LogP contribution < -0.4 is 10.5 Å². The van der Waals surface area contributed by atoms with Crippen LogP contribution in [-0.4, -0.2) is 4.98 Å². The highest BCUT2D eigenvalue weighted by Crippen LogP contribution is 2.30. The maximum atomic E-state index is 5.99. The Bertz CT molecular complexity index is 546. The largest absolute Gasteiger partial charge is 0.438 e. The summed E-state index contributed by atoms with van der Waals surface area (Å²) in [6, 6.07) is 7.45. The van der Waals surface area contributed by atoms with Crippen molar-refractivity contribution in [1.82, 2.24) is 4.98 Å². The molecule has 0 atom stereocenters. The standard InChI is InChI=1S/C14H15ClN2O/c1-9-5-12(15)6-10(2)14(9)18-13-7-11(8-16)3-4-17-13/h3-7H,8,16H2,1-2H3. The molecule has 0 bridgehead atoms. The molecule has 2 aromatic rings. The lowest BCUT2D eigenvalue weighted by Crippen LogP contribution is -1.98. The van der Waals surface area contributed by atoms with Crippen LogP contribution in [0.1, 0.15) is 16.7 Å². The van der Waals surface area contributed by atoms with Gasteiger partial charge in [0.25, 0.3) is 0 Å². The highest BCUT2D eigenvalue weighted by molar-refractivity contribution is 6.30. The number of nitrogens with two attached hydrogens (primary N) is 1. The topological polar surface area (TPSA) is 48.1 Å². The predicted octanol–water partition coefficient (Wildman–Crippen LogP) is 3.60. The highest BCUT2D eigenvalue weighted by Gasteiger charge is 2.08. The Hall–Kier alpha value is -1.58. The number of aryl methyl sites for hydroxylation is 2. The van der Waals surface area contributed by atoms with Gasteiger partial charge in [0.15, 0.2) is 0 Å². The third-order valence-electron chi connectivity index (χ3n) is 2.67. The van der Waals surface area contributed by atoms with Crippen LogP contribution >= 0.6 is 11.6 Å². The summed E-state index contributed by atoms with van der Waals surface area (Å²) >= 11 is 5.99. The number of ether oxygens (including phenoxy) is 1. The fraction of sp³-hybridized carbons (Fsp3) is 0.214. The van der Waals surface area contributed by atoms with Gasteiger partial charge >= 0.3 is 0 Å². The van der Waals surface area contributed by atoms with E-state index in [0.717, 1.165) is 22.4 Å². The molecule has 0 fully saturated rings. The summed E-state index contributed by atoms with van der Waals surface area (Å²) in [5.41, 5.74) is 8.55. The maximum absolute atomic E-state index is 5.99. The van der Waals surface area contributed by atoms with E-state index in [0.29, 0.717) is 17.4 Å². The zero-order chi connectivity index (χ0) is 13.1. The molecule has 1 heterocycles. The van der Waals surface area contributed by atoms with Crippen LogP contribution in [-0.2, 0) is 6.54 Å².